The van der Waals surface area contributed by atoms with Crippen LogP contribution in [0, 0.1) is 0 Å². The summed E-state index contributed by atoms with van der Waals surface area (Å²) in [5, 5.41) is 17.8. The third-order valence-electron chi connectivity index (χ3n) is 5.31. The lowest BCUT2D eigenvalue weighted by Gasteiger charge is -2.31. The maximum atomic E-state index is 13.1. The van der Waals surface area contributed by atoms with Crippen molar-refractivity contribution in [2.24, 2.45) is 0 Å². The molecule has 1 atom stereocenters. The Morgan fingerprint density at radius 3 is 2.36 bits per heavy atom. The van der Waals surface area contributed by atoms with Crippen molar-refractivity contribution in [3.05, 3.63) is 82.4 Å². The number of hydrogen-bond acceptors (Lipinski definition) is 4. The molecular weight excluding hydrogens is 436 g/mol. The molecule has 2 aliphatic rings. The number of nitrogens with one attached hydrogen (secondary N) is 2. The Balaban J connectivity index is 0.000000442. The van der Waals surface area contributed by atoms with Gasteiger partial charge in [-0.15, -0.1) is 0 Å². The summed E-state index contributed by atoms with van der Waals surface area (Å²) in [5.41, 5.74) is 2.93. The molecule has 1 saturated heterocycles. The summed E-state index contributed by atoms with van der Waals surface area (Å²) in [7, 11) is 1.59. The third kappa shape index (κ3) is 6.37. The molecule has 2 aromatic carbocycles. The quantitative estimate of drug-likeness (QED) is 0.367. The topological polar surface area (TPSA) is 98.5 Å². The molecule has 0 spiro atoms. The molecule has 2 heterocycles. The minimum Gasteiger partial charge on any atom is -0.763 e. The van der Waals surface area contributed by atoms with Crippen molar-refractivity contribution in [1.82, 2.24) is 5.32 Å². The Hall–Kier alpha value is -3.29. The monoisotopic (exact) mass is 464 g/mol. The fraction of sp³-hybridized carbons (Fsp3) is 0.280. The predicted octanol–water partition coefficient (Wildman–Crippen LogP) is 2.37. The van der Waals surface area contributed by atoms with Gasteiger partial charge in [0.15, 0.2) is 0 Å². The van der Waals surface area contributed by atoms with Crippen molar-refractivity contribution in [3.8, 4) is 5.75 Å². The first kappa shape index (κ1) is 24.4. The summed E-state index contributed by atoms with van der Waals surface area (Å²) in [4.78, 5) is 13.4. The van der Waals surface area contributed by atoms with Crippen molar-refractivity contribution in [2.75, 3.05) is 38.7 Å². The van der Waals surface area contributed by atoms with Gasteiger partial charge in [-0.25, -0.2) is 0 Å². The average Bonchev–Trinajstić information content (AvgIpc) is 2.85. The first-order chi connectivity index (χ1) is 16.0. The molecule has 2 aromatic rings. The van der Waals surface area contributed by atoms with Crippen LogP contribution in [0.4, 0.5) is 5.69 Å². The van der Waals surface area contributed by atoms with Crippen LogP contribution in [0.15, 0.2) is 71.4 Å². The normalized spacial score (nSPS) is 17.8. The van der Waals surface area contributed by atoms with Crippen LogP contribution < -0.4 is 20.7 Å². The maximum Gasteiger partial charge on any atom is 0.254 e. The van der Waals surface area contributed by atoms with Crippen LogP contribution in [0.25, 0.3) is 5.41 Å². The number of hydrogen-bond donors (Lipinski definition) is 3. The van der Waals surface area contributed by atoms with Gasteiger partial charge in [-0.2, -0.15) is 0 Å². The predicted molar refractivity (Wildman–Crippen MR) is 134 cm³/mol. The molecule has 7 nitrogen and oxygen atoms in total. The number of thiocarbonyl (C=S) groups is 1. The fourth-order valence-corrected chi connectivity index (χ4v) is 3.96. The number of nitrogens with zero attached hydrogens (tertiary/aromatic N) is 1. The Labute approximate surface area is 199 Å². The molecule has 33 heavy (non-hydrogen) atoms. The molecule has 172 valence electrons. The highest BCUT2D eigenvalue weighted by molar-refractivity contribution is 7.80. The lowest BCUT2D eigenvalue weighted by molar-refractivity contribution is -0.670. The van der Waals surface area contributed by atoms with E-state index in [0.29, 0.717) is 33.3 Å². The molecule has 1 fully saturated rings. The summed E-state index contributed by atoms with van der Waals surface area (Å²) >= 11 is 5.34. The van der Waals surface area contributed by atoms with Gasteiger partial charge in [0.25, 0.3) is 5.91 Å². The van der Waals surface area contributed by atoms with Crippen LogP contribution in [0.1, 0.15) is 18.4 Å². The van der Waals surface area contributed by atoms with E-state index in [2.05, 4.69) is 21.8 Å². The second-order valence-corrected chi connectivity index (χ2v) is 7.93. The molecule has 1 amide bonds. The van der Waals surface area contributed by atoms with E-state index in [-0.39, 0.29) is 5.91 Å². The maximum absolute atomic E-state index is 13.1. The lowest BCUT2D eigenvalue weighted by Crippen LogP contribution is -2.87. The van der Waals surface area contributed by atoms with Crippen LogP contribution in [0.5, 0.6) is 5.75 Å². The summed E-state index contributed by atoms with van der Waals surface area (Å²) in [5.74, 6) is 2.05. The van der Waals surface area contributed by atoms with E-state index in [1.807, 2.05) is 42.5 Å². The molecule has 0 bridgehead atoms. The van der Waals surface area contributed by atoms with E-state index in [1.54, 1.807) is 26.2 Å². The molecule has 0 radical (unpaired) electrons. The number of carbonyl (C=O) groups excluding carboxylic acids is 1. The molecule has 2 aliphatic heterocycles. The number of nitrogens with two attached hydrogens (primary N) is 1. The van der Waals surface area contributed by atoms with Gasteiger partial charge in [0.2, 0.25) is 0 Å². The first-order valence-corrected chi connectivity index (χ1v) is 11.1. The number of allylic oxidation sites excluding steroid dienone is 1. The smallest absolute Gasteiger partial charge is 0.254 e. The highest BCUT2D eigenvalue weighted by atomic mass is 32.1. The molecule has 4 N–H and O–H groups in total. The Bertz CT molecular complexity index is 1050. The SMILES string of the molecule is C1COCC[NH2+]1.COc1ccc(C2C(=C=[N-])C(=S)NC(C)=C2C(=O)Nc2ccccc2)cc1. The van der Waals surface area contributed by atoms with Gasteiger partial charge in [-0.1, -0.05) is 42.5 Å². The zero-order chi connectivity index (χ0) is 23.6. The second-order valence-electron chi connectivity index (χ2n) is 7.52. The number of rotatable bonds is 4. The number of benzene rings is 2. The Morgan fingerprint density at radius 2 is 1.85 bits per heavy atom. The van der Waals surface area contributed by atoms with Crippen LogP contribution in [0.3, 0.4) is 0 Å². The zero-order valence-electron chi connectivity index (χ0n) is 18.8. The second kappa shape index (κ2) is 12.1. The Kier molecular flexibility index (Phi) is 8.92. The van der Waals surface area contributed by atoms with E-state index >= 15 is 0 Å². The minimum atomic E-state index is -0.543. The van der Waals surface area contributed by atoms with Crippen molar-refractivity contribution >= 4 is 34.7 Å². The van der Waals surface area contributed by atoms with Gasteiger partial charge >= 0.3 is 0 Å². The van der Waals surface area contributed by atoms with Crippen molar-refractivity contribution in [2.45, 2.75) is 12.8 Å². The molecule has 0 saturated carbocycles. The third-order valence-corrected chi connectivity index (χ3v) is 5.63. The number of methoxy groups -OCH3 is 1. The van der Waals surface area contributed by atoms with Crippen molar-refractivity contribution < 1.29 is 19.6 Å². The van der Waals surface area contributed by atoms with Gasteiger partial charge in [0.05, 0.1) is 33.4 Å². The van der Waals surface area contributed by atoms with Crippen LogP contribution >= 0.6 is 12.2 Å². The van der Waals surface area contributed by atoms with Crippen LogP contribution in [-0.4, -0.2) is 50.2 Å². The van der Waals surface area contributed by atoms with E-state index in [4.69, 9.17) is 21.7 Å². The average molecular weight is 465 g/mol. The highest BCUT2D eigenvalue weighted by Gasteiger charge is 2.33. The number of para-hydroxylation sites is 1. The summed E-state index contributed by atoms with van der Waals surface area (Å²) < 4.78 is 10.2. The van der Waals surface area contributed by atoms with Gasteiger partial charge in [-0.05, 0) is 36.8 Å². The van der Waals surface area contributed by atoms with Gasteiger partial charge < -0.3 is 30.8 Å². The number of quaternary nitrogens is 1. The number of amides is 1. The molecule has 8 heteroatoms. The van der Waals surface area contributed by atoms with Gasteiger partial charge in [-0.3, -0.25) is 10.7 Å². The summed E-state index contributed by atoms with van der Waals surface area (Å²) in [6.07, 6.45) is 0. The molecular formula is C25H28N4O3S. The molecule has 0 aromatic heterocycles. The minimum absolute atomic E-state index is 0.276. The number of carbonyl (C=O) groups is 1. The van der Waals surface area contributed by atoms with Crippen molar-refractivity contribution in [1.29, 1.82) is 0 Å². The highest BCUT2D eigenvalue weighted by Crippen LogP contribution is 2.37. The van der Waals surface area contributed by atoms with Crippen LogP contribution in [0.2, 0.25) is 0 Å². The zero-order valence-corrected chi connectivity index (χ0v) is 19.6. The largest absolute Gasteiger partial charge is 0.763 e. The first-order valence-electron chi connectivity index (χ1n) is 10.7. The molecule has 1 unspecified atom stereocenters. The molecule has 0 aliphatic carbocycles. The fourth-order valence-electron chi connectivity index (χ4n) is 3.64. The van der Waals surface area contributed by atoms with E-state index in [0.717, 1.165) is 31.9 Å². The van der Waals surface area contributed by atoms with E-state index < -0.39 is 5.92 Å². The van der Waals surface area contributed by atoms with Crippen LogP contribution in [-0.2, 0) is 9.53 Å². The number of morpholine rings is 1. The standard InChI is InChI=1S/C21H18N3O2S.C4H9NO/c1-13-18(20(25)24-15-6-4-3-5-7-15)19(17(12-22)21(27)23-13)14-8-10-16(26-2)11-9-14;1-3-6-4-2-5-1/h3-11,19H,1-2H3,(H,23,27)(H,24,25);5H,1-4H2/q-1;/p+1. The van der Waals surface area contributed by atoms with E-state index in [9.17, 15) is 10.2 Å². The number of anilines is 1. The van der Waals surface area contributed by atoms with Crippen molar-refractivity contribution in [3.63, 3.8) is 0 Å². The Morgan fingerprint density at radius 1 is 1.18 bits per heavy atom. The van der Waals surface area contributed by atoms with Gasteiger partial charge in [0, 0.05) is 28.4 Å². The molecule has 4 rings (SSSR count). The summed E-state index contributed by atoms with van der Waals surface area (Å²) in [6, 6.07) is 16.5. The number of ether oxygens (including phenoxy) is 2. The lowest BCUT2D eigenvalue weighted by atomic mass is 9.81. The van der Waals surface area contributed by atoms with Gasteiger partial charge in [0.1, 0.15) is 10.7 Å². The summed E-state index contributed by atoms with van der Waals surface area (Å²) in [6.45, 7) is 5.98. The van der Waals surface area contributed by atoms with E-state index in [1.165, 1.54) is 0 Å².